The lowest BCUT2D eigenvalue weighted by Gasteiger charge is -2.07. The predicted molar refractivity (Wildman–Crippen MR) is 70.2 cm³/mol. The second-order valence-corrected chi connectivity index (χ2v) is 6.67. The highest BCUT2D eigenvalue weighted by molar-refractivity contribution is 7.91. The fraction of sp³-hybridized carbons (Fsp3) is 0.462. The molecule has 18 heavy (non-hydrogen) atoms. The van der Waals surface area contributed by atoms with Gasteiger partial charge in [-0.25, -0.2) is 8.42 Å². The van der Waals surface area contributed by atoms with Gasteiger partial charge in [0.1, 0.15) is 0 Å². The first-order valence-corrected chi connectivity index (χ1v) is 7.70. The van der Waals surface area contributed by atoms with E-state index in [9.17, 15) is 13.2 Å². The summed E-state index contributed by atoms with van der Waals surface area (Å²) in [6.07, 6.45) is 1.22. The average molecular weight is 270 g/mol. The van der Waals surface area contributed by atoms with Gasteiger partial charge in [0.05, 0.1) is 17.4 Å². The Bertz CT molecular complexity index is 479. The van der Waals surface area contributed by atoms with E-state index >= 15 is 0 Å². The fourth-order valence-electron chi connectivity index (χ4n) is 1.68. The number of hydrogen-bond acceptors (Lipinski definition) is 3. The van der Waals surface area contributed by atoms with Gasteiger partial charge in [-0.2, -0.15) is 0 Å². The van der Waals surface area contributed by atoms with Gasteiger partial charge in [0, 0.05) is 0 Å². The van der Waals surface area contributed by atoms with E-state index in [0.717, 1.165) is 5.56 Å². The van der Waals surface area contributed by atoms with E-state index in [-0.39, 0.29) is 11.5 Å². The van der Waals surface area contributed by atoms with Crippen LogP contribution in [0, 0.1) is 5.92 Å². The maximum Gasteiger partial charge on any atom is 0.307 e. The smallest absolute Gasteiger partial charge is 0.307 e. The molecule has 0 saturated heterocycles. The largest absolute Gasteiger partial charge is 0.481 e. The van der Waals surface area contributed by atoms with Gasteiger partial charge in [-0.1, -0.05) is 37.3 Å². The lowest BCUT2D eigenvalue weighted by atomic mass is 10.1. The molecule has 100 valence electrons. The molecule has 0 heterocycles. The van der Waals surface area contributed by atoms with Crippen molar-refractivity contribution in [3.05, 3.63) is 35.9 Å². The number of aryl methyl sites for hydroxylation is 1. The number of carbonyl (C=O) groups is 1. The summed E-state index contributed by atoms with van der Waals surface area (Å²) in [6, 6.07) is 9.64. The second kappa shape index (κ2) is 6.54. The summed E-state index contributed by atoms with van der Waals surface area (Å²) in [6.45, 7) is 1.41. The monoisotopic (exact) mass is 270 g/mol. The van der Waals surface area contributed by atoms with Crippen molar-refractivity contribution in [2.75, 3.05) is 11.5 Å². The molecule has 0 bridgehead atoms. The minimum absolute atomic E-state index is 0.0412. The van der Waals surface area contributed by atoms with E-state index in [1.54, 1.807) is 0 Å². The normalized spacial score (nSPS) is 13.2. The van der Waals surface area contributed by atoms with Crippen molar-refractivity contribution in [1.82, 2.24) is 0 Å². The third-order valence-corrected chi connectivity index (χ3v) is 4.61. The molecule has 0 aliphatic rings. The van der Waals surface area contributed by atoms with E-state index < -0.39 is 21.7 Å². The molecule has 0 aliphatic carbocycles. The molecule has 5 heteroatoms. The van der Waals surface area contributed by atoms with Crippen molar-refractivity contribution in [3.8, 4) is 0 Å². The molecule has 4 nitrogen and oxygen atoms in total. The average Bonchev–Trinajstić information content (AvgIpc) is 2.29. The molecular formula is C13H18O4S. The number of hydrogen-bond donors (Lipinski definition) is 1. The minimum Gasteiger partial charge on any atom is -0.481 e. The first kappa shape index (κ1) is 14.7. The molecule has 1 rings (SSSR count). The topological polar surface area (TPSA) is 71.4 Å². The molecule has 1 aromatic rings. The SMILES string of the molecule is CC(CS(=O)(=O)CCCc1ccccc1)C(=O)O. The van der Waals surface area contributed by atoms with Crippen molar-refractivity contribution in [2.24, 2.45) is 5.92 Å². The van der Waals surface area contributed by atoms with Crippen molar-refractivity contribution in [3.63, 3.8) is 0 Å². The number of carboxylic acids is 1. The molecule has 0 aromatic heterocycles. The zero-order valence-corrected chi connectivity index (χ0v) is 11.2. The fourth-order valence-corrected chi connectivity index (χ4v) is 3.33. The molecule has 0 spiro atoms. The number of carboxylic acid groups (broad SMARTS) is 1. The maximum atomic E-state index is 11.7. The molecule has 0 amide bonds. The van der Waals surface area contributed by atoms with Crippen molar-refractivity contribution in [1.29, 1.82) is 0 Å². The zero-order chi connectivity index (χ0) is 13.6. The Morgan fingerprint density at radius 3 is 2.44 bits per heavy atom. The number of aliphatic carboxylic acids is 1. The number of rotatable bonds is 7. The lowest BCUT2D eigenvalue weighted by molar-refractivity contribution is -0.140. The van der Waals surface area contributed by atoms with Gasteiger partial charge in [-0.15, -0.1) is 0 Å². The highest BCUT2D eigenvalue weighted by Gasteiger charge is 2.20. The first-order valence-electron chi connectivity index (χ1n) is 5.88. The third-order valence-electron chi connectivity index (χ3n) is 2.69. The van der Waals surface area contributed by atoms with Crippen LogP contribution in [0.2, 0.25) is 0 Å². The van der Waals surface area contributed by atoms with Crippen LogP contribution >= 0.6 is 0 Å². The van der Waals surface area contributed by atoms with Crippen molar-refractivity contribution >= 4 is 15.8 Å². The van der Waals surface area contributed by atoms with Gasteiger partial charge in [-0.3, -0.25) is 4.79 Å². The Labute approximate surface area is 108 Å². The van der Waals surface area contributed by atoms with Crippen LogP contribution in [0.25, 0.3) is 0 Å². The van der Waals surface area contributed by atoms with E-state index in [0.29, 0.717) is 12.8 Å². The van der Waals surface area contributed by atoms with Crippen LogP contribution in [0.15, 0.2) is 30.3 Å². The zero-order valence-electron chi connectivity index (χ0n) is 10.4. The summed E-state index contributed by atoms with van der Waals surface area (Å²) >= 11 is 0. The Hall–Kier alpha value is -1.36. The highest BCUT2D eigenvalue weighted by Crippen LogP contribution is 2.07. The van der Waals surface area contributed by atoms with Gasteiger partial charge < -0.3 is 5.11 Å². The standard InChI is InChI=1S/C13H18O4S/c1-11(13(14)15)10-18(16,17)9-5-8-12-6-3-2-4-7-12/h2-4,6-7,11H,5,8-10H2,1H3,(H,14,15). The predicted octanol–water partition coefficient (Wildman–Crippen LogP) is 1.75. The van der Waals surface area contributed by atoms with Gasteiger partial charge in [0.15, 0.2) is 9.84 Å². The van der Waals surface area contributed by atoms with Crippen molar-refractivity contribution < 1.29 is 18.3 Å². The quantitative estimate of drug-likeness (QED) is 0.819. The van der Waals surface area contributed by atoms with Crippen LogP contribution in [0.4, 0.5) is 0 Å². The van der Waals surface area contributed by atoms with Gasteiger partial charge >= 0.3 is 5.97 Å². The molecule has 1 unspecified atom stereocenters. The molecule has 0 fully saturated rings. The lowest BCUT2D eigenvalue weighted by Crippen LogP contribution is -2.23. The molecule has 0 saturated carbocycles. The van der Waals surface area contributed by atoms with E-state index in [1.807, 2.05) is 30.3 Å². The summed E-state index contributed by atoms with van der Waals surface area (Å²) in [7, 11) is -3.28. The van der Waals surface area contributed by atoms with E-state index in [4.69, 9.17) is 5.11 Å². The van der Waals surface area contributed by atoms with Gasteiger partial charge in [0.25, 0.3) is 0 Å². The van der Waals surface area contributed by atoms with E-state index in [2.05, 4.69) is 0 Å². The minimum atomic E-state index is -3.28. The third kappa shape index (κ3) is 5.31. The van der Waals surface area contributed by atoms with E-state index in [1.165, 1.54) is 6.92 Å². The van der Waals surface area contributed by atoms with Crippen LogP contribution in [-0.2, 0) is 21.1 Å². The van der Waals surface area contributed by atoms with Crippen LogP contribution in [0.5, 0.6) is 0 Å². The molecule has 0 radical (unpaired) electrons. The Kier molecular flexibility index (Phi) is 5.34. The molecular weight excluding hydrogens is 252 g/mol. The Morgan fingerprint density at radius 2 is 1.89 bits per heavy atom. The molecule has 1 aromatic carbocycles. The second-order valence-electron chi connectivity index (χ2n) is 4.44. The van der Waals surface area contributed by atoms with Crippen LogP contribution in [0.3, 0.4) is 0 Å². The number of sulfone groups is 1. The summed E-state index contributed by atoms with van der Waals surface area (Å²) in [5.41, 5.74) is 1.10. The Balaban J connectivity index is 2.41. The first-order chi connectivity index (χ1) is 8.41. The highest BCUT2D eigenvalue weighted by atomic mass is 32.2. The van der Waals surface area contributed by atoms with Gasteiger partial charge in [0.2, 0.25) is 0 Å². The maximum absolute atomic E-state index is 11.7. The molecule has 0 aliphatic heterocycles. The van der Waals surface area contributed by atoms with Crippen molar-refractivity contribution in [2.45, 2.75) is 19.8 Å². The summed E-state index contributed by atoms with van der Waals surface area (Å²) in [4.78, 5) is 10.6. The van der Waals surface area contributed by atoms with Crippen LogP contribution in [-0.4, -0.2) is 31.0 Å². The summed E-state index contributed by atoms with van der Waals surface area (Å²) < 4.78 is 23.3. The number of benzene rings is 1. The van der Waals surface area contributed by atoms with Crippen LogP contribution in [0.1, 0.15) is 18.9 Å². The van der Waals surface area contributed by atoms with Gasteiger partial charge in [-0.05, 0) is 18.4 Å². The summed E-state index contributed by atoms with van der Waals surface area (Å²) in [5.74, 6) is -2.15. The Morgan fingerprint density at radius 1 is 1.28 bits per heavy atom. The summed E-state index contributed by atoms with van der Waals surface area (Å²) in [5, 5.41) is 8.68. The van der Waals surface area contributed by atoms with Crippen LogP contribution < -0.4 is 0 Å². The molecule has 1 N–H and O–H groups in total. The molecule has 1 atom stereocenters.